The van der Waals surface area contributed by atoms with E-state index in [0.29, 0.717) is 25.3 Å². The molecule has 0 bridgehead atoms. The van der Waals surface area contributed by atoms with Gasteiger partial charge in [0.1, 0.15) is 5.56 Å². The highest BCUT2D eigenvalue weighted by molar-refractivity contribution is 5.98. The Morgan fingerprint density at radius 3 is 2.32 bits per heavy atom. The molecule has 0 saturated carbocycles. The van der Waals surface area contributed by atoms with E-state index in [9.17, 15) is 9.59 Å². The highest BCUT2D eigenvalue weighted by Crippen LogP contribution is 2.31. The van der Waals surface area contributed by atoms with Crippen LogP contribution in [-0.2, 0) is 19.4 Å². The molecule has 1 amide bonds. The second-order valence-electron chi connectivity index (χ2n) is 9.61. The average Bonchev–Trinajstić information content (AvgIpc) is 3.54. The van der Waals surface area contributed by atoms with Gasteiger partial charge in [-0.25, -0.2) is 0 Å². The molecule has 5 aromatic rings. The lowest BCUT2D eigenvalue weighted by Crippen LogP contribution is -2.37. The van der Waals surface area contributed by atoms with Crippen LogP contribution in [0.5, 0.6) is 0 Å². The molecule has 0 saturated heterocycles. The van der Waals surface area contributed by atoms with Crippen LogP contribution in [-0.4, -0.2) is 54.1 Å². The first-order valence-corrected chi connectivity index (χ1v) is 13.8. The minimum atomic E-state index is -0.312. The van der Waals surface area contributed by atoms with Crippen molar-refractivity contribution in [3.05, 3.63) is 93.5 Å². The van der Waals surface area contributed by atoms with Gasteiger partial charge in [-0.1, -0.05) is 56.3 Å². The maximum absolute atomic E-state index is 14.0. The minimum absolute atomic E-state index is 0. The summed E-state index contributed by atoms with van der Waals surface area (Å²) < 4.78 is 1.71. The number of carbonyl (C=O) groups excluding carboxylic acids is 1. The van der Waals surface area contributed by atoms with Crippen molar-refractivity contribution in [2.45, 2.75) is 47.1 Å². The summed E-state index contributed by atoms with van der Waals surface area (Å²) in [7, 11) is 0. The van der Waals surface area contributed by atoms with Gasteiger partial charge in [-0.3, -0.25) is 14.6 Å². The molecule has 0 atom stereocenters. The molecule has 3 aromatic heterocycles. The maximum Gasteiger partial charge on any atom is 0.264 e. The molecule has 0 aliphatic carbocycles. The zero-order valence-electron chi connectivity index (χ0n) is 23.7. The quantitative estimate of drug-likeness (QED) is 0.256. The first kappa shape index (κ1) is 29.6. The Hall–Kier alpha value is -4.37. The summed E-state index contributed by atoms with van der Waals surface area (Å²) in [5, 5.41) is 15.6. The van der Waals surface area contributed by atoms with Crippen molar-refractivity contribution < 1.29 is 4.79 Å². The number of carbonyl (C=O) groups is 1. The topological polar surface area (TPSA) is 110 Å². The van der Waals surface area contributed by atoms with Crippen LogP contribution in [0.25, 0.3) is 33.4 Å². The molecule has 5 rings (SSSR count). The SMILES string of the molecule is CCc1cc2c(cc(C(=O)N(CC)CC)c(=O)n2Cc2ccc(-c3ccccc3)c(-c3nn[nH]n3)c2)c(CC)n1.Cl. The summed E-state index contributed by atoms with van der Waals surface area (Å²) in [5.74, 6) is 0.202. The third-order valence-electron chi connectivity index (χ3n) is 7.30. The number of H-pyrrole nitrogens is 1. The van der Waals surface area contributed by atoms with Crippen LogP contribution in [0.3, 0.4) is 0 Å². The number of hydrogen-bond acceptors (Lipinski definition) is 6. The van der Waals surface area contributed by atoms with Crippen molar-refractivity contribution in [3.63, 3.8) is 0 Å². The number of benzene rings is 2. The zero-order valence-corrected chi connectivity index (χ0v) is 24.5. The predicted octanol–water partition coefficient (Wildman–Crippen LogP) is 5.32. The number of aromatic amines is 1. The number of aryl methyl sites for hydroxylation is 2. The predicted molar refractivity (Wildman–Crippen MR) is 163 cm³/mol. The Bertz CT molecular complexity index is 1710. The molecule has 41 heavy (non-hydrogen) atoms. The third kappa shape index (κ3) is 5.76. The molecule has 0 radical (unpaired) electrons. The molecule has 0 aliphatic heterocycles. The lowest BCUT2D eigenvalue weighted by Gasteiger charge is -2.21. The number of hydrogen-bond donors (Lipinski definition) is 1. The van der Waals surface area contributed by atoms with Crippen LogP contribution in [0.1, 0.15) is 55.0 Å². The van der Waals surface area contributed by atoms with Gasteiger partial charge in [0, 0.05) is 35.4 Å². The number of amides is 1. The second-order valence-corrected chi connectivity index (χ2v) is 9.61. The first-order valence-electron chi connectivity index (χ1n) is 13.8. The van der Waals surface area contributed by atoms with Crippen LogP contribution in [0.2, 0.25) is 0 Å². The van der Waals surface area contributed by atoms with Gasteiger partial charge in [0.2, 0.25) is 5.82 Å². The van der Waals surface area contributed by atoms with E-state index in [1.807, 2.05) is 82.3 Å². The largest absolute Gasteiger partial charge is 0.339 e. The minimum Gasteiger partial charge on any atom is -0.339 e. The number of pyridine rings is 2. The van der Waals surface area contributed by atoms with Gasteiger partial charge in [0.05, 0.1) is 12.1 Å². The van der Waals surface area contributed by atoms with Gasteiger partial charge in [-0.15, -0.1) is 22.6 Å². The molecule has 212 valence electrons. The fourth-order valence-electron chi connectivity index (χ4n) is 5.14. The number of rotatable bonds is 9. The summed E-state index contributed by atoms with van der Waals surface area (Å²) in [6.07, 6.45) is 1.43. The van der Waals surface area contributed by atoms with Crippen LogP contribution < -0.4 is 5.56 Å². The fourth-order valence-corrected chi connectivity index (χ4v) is 5.14. The van der Waals surface area contributed by atoms with Crippen LogP contribution in [0.15, 0.2) is 65.5 Å². The number of nitrogens with one attached hydrogen (secondary N) is 1. The Morgan fingerprint density at radius 2 is 1.68 bits per heavy atom. The van der Waals surface area contributed by atoms with E-state index >= 15 is 0 Å². The van der Waals surface area contributed by atoms with Crippen molar-refractivity contribution in [2.75, 3.05) is 13.1 Å². The van der Waals surface area contributed by atoms with Gasteiger partial charge in [-0.05, 0) is 66.8 Å². The molecular weight excluding hydrogens is 538 g/mol. The van der Waals surface area contributed by atoms with Gasteiger partial charge >= 0.3 is 0 Å². The maximum atomic E-state index is 14.0. The van der Waals surface area contributed by atoms with Crippen molar-refractivity contribution in [3.8, 4) is 22.5 Å². The number of aromatic nitrogens is 6. The Kier molecular flexibility index (Phi) is 9.29. The molecule has 1 N–H and O–H groups in total. The standard InChI is InChI=1S/C31H33N7O2.ClH/c1-5-22-17-28-25(27(6-2)32-22)18-26(30(39)37(7-3)8-4)31(40)38(28)19-20-14-15-23(21-12-10-9-11-13-21)24(16-20)29-33-35-36-34-29;/h9-18H,5-8,19H2,1-4H3,(H,33,34,35,36);1H. The molecular formula is C31H34ClN7O2. The summed E-state index contributed by atoms with van der Waals surface area (Å²) in [4.78, 5) is 34.0. The van der Waals surface area contributed by atoms with E-state index < -0.39 is 0 Å². The van der Waals surface area contributed by atoms with Crippen LogP contribution in [0.4, 0.5) is 0 Å². The van der Waals surface area contributed by atoms with Crippen molar-refractivity contribution in [1.82, 2.24) is 35.1 Å². The summed E-state index contributed by atoms with van der Waals surface area (Å²) >= 11 is 0. The summed E-state index contributed by atoms with van der Waals surface area (Å²) in [6.45, 7) is 9.24. The highest BCUT2D eigenvalue weighted by Gasteiger charge is 2.22. The van der Waals surface area contributed by atoms with E-state index in [1.165, 1.54) is 0 Å². The Labute approximate surface area is 245 Å². The number of halogens is 1. The van der Waals surface area contributed by atoms with E-state index in [4.69, 9.17) is 4.98 Å². The van der Waals surface area contributed by atoms with E-state index in [2.05, 4.69) is 20.6 Å². The highest BCUT2D eigenvalue weighted by atomic mass is 35.5. The van der Waals surface area contributed by atoms with Crippen molar-refractivity contribution >= 4 is 29.2 Å². The number of nitrogens with zero attached hydrogens (tertiary/aromatic N) is 6. The molecule has 3 heterocycles. The molecule has 0 fully saturated rings. The van der Waals surface area contributed by atoms with E-state index in [-0.39, 0.29) is 36.0 Å². The Balaban J connectivity index is 0.00000387. The first-order chi connectivity index (χ1) is 19.5. The summed E-state index contributed by atoms with van der Waals surface area (Å²) in [5.41, 5.74) is 6.07. The summed E-state index contributed by atoms with van der Waals surface area (Å²) in [6, 6.07) is 19.7. The fraction of sp³-hybridized carbons (Fsp3) is 0.290. The molecule has 2 aromatic carbocycles. The van der Waals surface area contributed by atoms with Gasteiger partial charge < -0.3 is 9.47 Å². The normalized spacial score (nSPS) is 10.9. The monoisotopic (exact) mass is 571 g/mol. The third-order valence-corrected chi connectivity index (χ3v) is 7.30. The average molecular weight is 572 g/mol. The molecule has 0 spiro atoms. The van der Waals surface area contributed by atoms with Crippen LogP contribution in [0, 0.1) is 0 Å². The molecule has 10 heteroatoms. The molecule has 0 unspecified atom stereocenters. The van der Waals surface area contributed by atoms with E-state index in [1.54, 1.807) is 15.5 Å². The number of tetrazole rings is 1. The lowest BCUT2D eigenvalue weighted by atomic mass is 9.97. The van der Waals surface area contributed by atoms with E-state index in [0.717, 1.165) is 51.0 Å². The van der Waals surface area contributed by atoms with Crippen LogP contribution >= 0.6 is 12.4 Å². The van der Waals surface area contributed by atoms with Gasteiger partial charge in [0.25, 0.3) is 11.5 Å². The smallest absolute Gasteiger partial charge is 0.264 e. The second kappa shape index (κ2) is 12.9. The number of fused-ring (bicyclic) bond motifs is 1. The Morgan fingerprint density at radius 1 is 0.927 bits per heavy atom. The molecule has 0 aliphatic rings. The van der Waals surface area contributed by atoms with Gasteiger partial charge in [-0.2, -0.15) is 5.21 Å². The lowest BCUT2D eigenvalue weighted by molar-refractivity contribution is 0.0771. The van der Waals surface area contributed by atoms with Gasteiger partial charge in [0.15, 0.2) is 0 Å². The van der Waals surface area contributed by atoms with Crippen molar-refractivity contribution in [1.29, 1.82) is 0 Å². The van der Waals surface area contributed by atoms with Crippen molar-refractivity contribution in [2.24, 2.45) is 0 Å². The molecule has 9 nitrogen and oxygen atoms in total. The zero-order chi connectivity index (χ0) is 28.2.